The fourth-order valence-corrected chi connectivity index (χ4v) is 2.26. The van der Waals surface area contributed by atoms with Gasteiger partial charge in [-0.25, -0.2) is 0 Å². The summed E-state index contributed by atoms with van der Waals surface area (Å²) < 4.78 is 0. The Hall–Kier alpha value is -0.860. The number of rotatable bonds is 0. The van der Waals surface area contributed by atoms with Crippen molar-refractivity contribution < 1.29 is 4.79 Å². The van der Waals surface area contributed by atoms with E-state index in [1.807, 2.05) is 0 Å². The third-order valence-electron chi connectivity index (χ3n) is 3.10. The fourth-order valence-electron chi connectivity index (χ4n) is 2.26. The SMILES string of the molecule is CC1(C)CCC2N=[C]NC(=O)C2C1. The van der Waals surface area contributed by atoms with Gasteiger partial charge in [-0.3, -0.25) is 9.79 Å². The Morgan fingerprint density at radius 1 is 1.62 bits per heavy atom. The third kappa shape index (κ3) is 1.60. The monoisotopic (exact) mass is 179 g/mol. The highest BCUT2D eigenvalue weighted by atomic mass is 16.2. The average molecular weight is 179 g/mol. The molecule has 71 valence electrons. The van der Waals surface area contributed by atoms with Crippen LogP contribution in [0, 0.1) is 11.3 Å². The van der Waals surface area contributed by atoms with Gasteiger partial charge in [-0.05, 0) is 24.7 Å². The zero-order chi connectivity index (χ0) is 9.47. The van der Waals surface area contributed by atoms with Gasteiger partial charge in [0, 0.05) is 0 Å². The Balaban J connectivity index is 2.17. The summed E-state index contributed by atoms with van der Waals surface area (Å²) in [6.07, 6.45) is 5.72. The second kappa shape index (κ2) is 2.82. The molecule has 1 saturated carbocycles. The van der Waals surface area contributed by atoms with E-state index in [0.717, 1.165) is 19.3 Å². The van der Waals surface area contributed by atoms with E-state index in [2.05, 4.69) is 30.5 Å². The second-order valence-electron chi connectivity index (χ2n) is 4.81. The van der Waals surface area contributed by atoms with Crippen molar-refractivity contribution in [2.45, 2.75) is 39.2 Å². The summed E-state index contributed by atoms with van der Waals surface area (Å²) in [5, 5.41) is 2.56. The van der Waals surface area contributed by atoms with Gasteiger partial charge in [0.25, 0.3) is 0 Å². The molecule has 2 atom stereocenters. The molecule has 0 bridgehead atoms. The van der Waals surface area contributed by atoms with Crippen molar-refractivity contribution in [1.82, 2.24) is 5.32 Å². The van der Waals surface area contributed by atoms with Gasteiger partial charge >= 0.3 is 0 Å². The number of hydrogen-bond acceptors (Lipinski definition) is 2. The minimum atomic E-state index is 0.0880. The summed E-state index contributed by atoms with van der Waals surface area (Å²) >= 11 is 0. The highest BCUT2D eigenvalue weighted by Gasteiger charge is 2.39. The minimum Gasteiger partial charge on any atom is -0.308 e. The standard InChI is InChI=1S/C10H15N2O/c1-10(2)4-3-8-7(5-10)9(13)12-6-11-8/h7-8H,3-5H2,1-2H3,(H,11,12,13). The number of nitrogens with one attached hydrogen (secondary N) is 1. The van der Waals surface area contributed by atoms with Crippen LogP contribution in [-0.4, -0.2) is 18.3 Å². The summed E-state index contributed by atoms with van der Waals surface area (Å²) in [4.78, 5) is 15.7. The van der Waals surface area contributed by atoms with Crippen molar-refractivity contribution in [3.05, 3.63) is 0 Å². The highest BCUT2D eigenvalue weighted by molar-refractivity contribution is 5.91. The third-order valence-corrected chi connectivity index (χ3v) is 3.10. The molecule has 13 heavy (non-hydrogen) atoms. The summed E-state index contributed by atoms with van der Waals surface area (Å²) in [6, 6.07) is 0.196. The zero-order valence-electron chi connectivity index (χ0n) is 8.13. The van der Waals surface area contributed by atoms with Gasteiger partial charge in [0.15, 0.2) is 6.34 Å². The van der Waals surface area contributed by atoms with Crippen molar-refractivity contribution in [2.75, 3.05) is 0 Å². The fraction of sp³-hybridized carbons (Fsp3) is 0.800. The number of carbonyl (C=O) groups is 1. The molecule has 2 rings (SSSR count). The lowest BCUT2D eigenvalue weighted by atomic mass is 9.69. The van der Waals surface area contributed by atoms with Gasteiger partial charge in [-0.15, -0.1) is 0 Å². The maximum absolute atomic E-state index is 11.5. The van der Waals surface area contributed by atoms with Crippen LogP contribution in [-0.2, 0) is 4.79 Å². The largest absolute Gasteiger partial charge is 0.308 e. The van der Waals surface area contributed by atoms with Gasteiger partial charge in [0.05, 0.1) is 12.0 Å². The number of hydrogen-bond donors (Lipinski definition) is 1. The quantitative estimate of drug-likeness (QED) is 0.596. The van der Waals surface area contributed by atoms with Crippen LogP contribution in [0.4, 0.5) is 0 Å². The lowest BCUT2D eigenvalue weighted by molar-refractivity contribution is -0.126. The molecule has 1 aliphatic carbocycles. The molecule has 0 aromatic heterocycles. The molecule has 2 aliphatic rings. The van der Waals surface area contributed by atoms with Crippen LogP contribution in [0.1, 0.15) is 33.1 Å². The van der Waals surface area contributed by atoms with Crippen LogP contribution in [0.5, 0.6) is 0 Å². The van der Waals surface area contributed by atoms with Crippen LogP contribution in [0.25, 0.3) is 0 Å². The van der Waals surface area contributed by atoms with Crippen molar-refractivity contribution in [3.63, 3.8) is 0 Å². The first-order valence-electron chi connectivity index (χ1n) is 4.83. The van der Waals surface area contributed by atoms with E-state index in [4.69, 9.17) is 0 Å². The molecule has 1 N–H and O–H groups in total. The van der Waals surface area contributed by atoms with Crippen LogP contribution in [0.3, 0.4) is 0 Å². The van der Waals surface area contributed by atoms with E-state index in [-0.39, 0.29) is 17.9 Å². The summed E-state index contributed by atoms with van der Waals surface area (Å²) in [6.45, 7) is 4.44. The van der Waals surface area contributed by atoms with Gasteiger partial charge in [0.2, 0.25) is 5.91 Å². The topological polar surface area (TPSA) is 41.5 Å². The van der Waals surface area contributed by atoms with Crippen LogP contribution in [0.15, 0.2) is 4.99 Å². The smallest absolute Gasteiger partial charge is 0.230 e. The van der Waals surface area contributed by atoms with Crippen LogP contribution < -0.4 is 5.32 Å². The maximum atomic E-state index is 11.5. The summed E-state index contributed by atoms with van der Waals surface area (Å²) in [5.41, 5.74) is 0.297. The number of carbonyl (C=O) groups excluding carboxylic acids is 1. The second-order valence-corrected chi connectivity index (χ2v) is 4.81. The number of fused-ring (bicyclic) bond motifs is 1. The normalized spacial score (nSPS) is 36.6. The molecule has 2 unspecified atom stereocenters. The van der Waals surface area contributed by atoms with E-state index in [1.165, 1.54) is 0 Å². The van der Waals surface area contributed by atoms with Crippen molar-refractivity contribution >= 4 is 12.2 Å². The average Bonchev–Trinajstić information content (AvgIpc) is 2.06. The molecule has 3 heteroatoms. The molecule has 1 amide bonds. The molecule has 0 spiro atoms. The maximum Gasteiger partial charge on any atom is 0.230 e. The van der Waals surface area contributed by atoms with Crippen LogP contribution >= 0.6 is 0 Å². The Bertz CT molecular complexity index is 258. The van der Waals surface area contributed by atoms with E-state index in [9.17, 15) is 4.79 Å². The molecular formula is C10H15N2O. The van der Waals surface area contributed by atoms with Crippen molar-refractivity contribution in [3.8, 4) is 0 Å². The van der Waals surface area contributed by atoms with E-state index in [0.29, 0.717) is 5.41 Å². The summed E-state index contributed by atoms with van der Waals surface area (Å²) in [5.74, 6) is 0.192. The predicted octanol–water partition coefficient (Wildman–Crippen LogP) is 1.22. The van der Waals surface area contributed by atoms with Gasteiger partial charge < -0.3 is 5.32 Å². The highest BCUT2D eigenvalue weighted by Crippen LogP contribution is 2.40. The lowest BCUT2D eigenvalue weighted by Crippen LogP contribution is -2.46. The Labute approximate surface area is 78.6 Å². The first-order chi connectivity index (χ1) is 6.08. The molecule has 0 aromatic carbocycles. The first-order valence-corrected chi connectivity index (χ1v) is 4.83. The number of amides is 1. The van der Waals surface area contributed by atoms with Gasteiger partial charge in [-0.2, -0.15) is 0 Å². The molecule has 1 radical (unpaired) electrons. The molecular weight excluding hydrogens is 164 g/mol. The van der Waals surface area contributed by atoms with Gasteiger partial charge in [0.1, 0.15) is 0 Å². The predicted molar refractivity (Wildman–Crippen MR) is 50.5 cm³/mol. The molecule has 1 fully saturated rings. The molecule has 1 aliphatic heterocycles. The molecule has 0 aromatic rings. The lowest BCUT2D eigenvalue weighted by Gasteiger charge is -2.39. The summed E-state index contributed by atoms with van der Waals surface area (Å²) in [7, 11) is 0. The van der Waals surface area contributed by atoms with Crippen molar-refractivity contribution in [1.29, 1.82) is 0 Å². The molecule has 0 saturated heterocycles. The van der Waals surface area contributed by atoms with E-state index in [1.54, 1.807) is 0 Å². The number of aliphatic imine (C=N–C) groups is 1. The zero-order valence-corrected chi connectivity index (χ0v) is 8.13. The number of nitrogens with zero attached hydrogens (tertiary/aromatic N) is 1. The minimum absolute atomic E-state index is 0.0880. The van der Waals surface area contributed by atoms with E-state index >= 15 is 0 Å². The van der Waals surface area contributed by atoms with Crippen molar-refractivity contribution in [2.24, 2.45) is 16.3 Å². The van der Waals surface area contributed by atoms with E-state index < -0.39 is 0 Å². The first kappa shape index (κ1) is 8.73. The Morgan fingerprint density at radius 2 is 2.38 bits per heavy atom. The molecule has 1 heterocycles. The Morgan fingerprint density at radius 3 is 3.15 bits per heavy atom. The molecule has 3 nitrogen and oxygen atoms in total. The van der Waals surface area contributed by atoms with Crippen LogP contribution in [0.2, 0.25) is 0 Å². The van der Waals surface area contributed by atoms with Gasteiger partial charge in [-0.1, -0.05) is 13.8 Å². The Kier molecular flexibility index (Phi) is 1.90.